The summed E-state index contributed by atoms with van der Waals surface area (Å²) in [6.45, 7) is 1.12. The van der Waals surface area contributed by atoms with Crippen LogP contribution in [0.4, 0.5) is 19.1 Å². The molecule has 11 heteroatoms. The molecule has 1 aliphatic heterocycles. The van der Waals surface area contributed by atoms with Crippen molar-refractivity contribution in [1.82, 2.24) is 25.6 Å². The van der Waals surface area contributed by atoms with Gasteiger partial charge in [-0.15, -0.1) is 0 Å². The Morgan fingerprint density at radius 1 is 1.03 bits per heavy atom. The van der Waals surface area contributed by atoms with Gasteiger partial charge in [-0.2, -0.15) is 13.2 Å². The maximum Gasteiger partial charge on any atom is 0.422 e. The predicted molar refractivity (Wildman–Crippen MR) is 127 cm³/mol. The number of anilines is 1. The van der Waals surface area contributed by atoms with Crippen LogP contribution in [0.3, 0.4) is 0 Å². The summed E-state index contributed by atoms with van der Waals surface area (Å²) in [5.74, 6) is -0.150. The third kappa shape index (κ3) is 8.21. The minimum atomic E-state index is -4.42. The van der Waals surface area contributed by atoms with E-state index in [0.29, 0.717) is 28.1 Å². The lowest BCUT2D eigenvalue weighted by molar-refractivity contribution is -0.153. The van der Waals surface area contributed by atoms with Crippen LogP contribution in [0.1, 0.15) is 29.6 Å². The van der Waals surface area contributed by atoms with E-state index in [1.54, 1.807) is 24.3 Å². The molecule has 8 nitrogen and oxygen atoms in total. The molecule has 0 radical (unpaired) electrons. The van der Waals surface area contributed by atoms with Gasteiger partial charge in [-0.1, -0.05) is 6.42 Å². The van der Waals surface area contributed by atoms with Crippen LogP contribution < -0.4 is 21.1 Å². The highest BCUT2D eigenvalue weighted by molar-refractivity contribution is 5.96. The number of nitrogens with one attached hydrogen (secondary N) is 2. The van der Waals surface area contributed by atoms with Gasteiger partial charge >= 0.3 is 6.18 Å². The molecule has 186 valence electrons. The highest BCUT2D eigenvalue weighted by Crippen LogP contribution is 2.27. The number of nitrogens with two attached hydrogens (primary N) is 1. The second-order valence-electron chi connectivity index (χ2n) is 7.77. The SMILES string of the molecule is C1CCNCC1.CNC(=O)c1cc(-c2ccc(OCC(F)(F)F)cc2)nc(-c2cnc(N)nc2)c1. The fourth-order valence-corrected chi connectivity index (χ4v) is 3.26. The molecule has 1 aromatic carbocycles. The zero-order chi connectivity index (χ0) is 25.3. The maximum absolute atomic E-state index is 12.3. The van der Waals surface area contributed by atoms with Crippen molar-refractivity contribution < 1.29 is 22.7 Å². The van der Waals surface area contributed by atoms with Crippen LogP contribution in [0.2, 0.25) is 0 Å². The third-order valence-corrected chi connectivity index (χ3v) is 5.04. The van der Waals surface area contributed by atoms with Crippen LogP contribution in [0.25, 0.3) is 22.5 Å². The number of alkyl halides is 3. The number of rotatable bonds is 5. The van der Waals surface area contributed by atoms with Crippen molar-refractivity contribution in [1.29, 1.82) is 0 Å². The van der Waals surface area contributed by atoms with Crippen molar-refractivity contribution in [3.8, 4) is 28.3 Å². The lowest BCUT2D eigenvalue weighted by Gasteiger charge is -2.11. The molecule has 1 aliphatic rings. The number of benzene rings is 1. The van der Waals surface area contributed by atoms with Gasteiger partial charge < -0.3 is 21.1 Å². The number of hydrogen-bond acceptors (Lipinski definition) is 7. The van der Waals surface area contributed by atoms with Crippen LogP contribution in [0.5, 0.6) is 5.75 Å². The minimum absolute atomic E-state index is 0.0701. The number of halogens is 3. The van der Waals surface area contributed by atoms with Crippen molar-refractivity contribution in [2.75, 3.05) is 32.5 Å². The van der Waals surface area contributed by atoms with Gasteiger partial charge in [-0.3, -0.25) is 4.79 Å². The first-order valence-corrected chi connectivity index (χ1v) is 11.1. The number of nitrogen functional groups attached to an aromatic ring is 1. The van der Waals surface area contributed by atoms with Crippen molar-refractivity contribution >= 4 is 11.9 Å². The summed E-state index contributed by atoms with van der Waals surface area (Å²) in [7, 11) is 1.50. The predicted octanol–water partition coefficient (Wildman–Crippen LogP) is 3.85. The molecule has 0 atom stereocenters. The number of ether oxygens (including phenoxy) is 1. The van der Waals surface area contributed by atoms with E-state index in [0.717, 1.165) is 0 Å². The largest absolute Gasteiger partial charge is 0.484 e. The molecule has 3 heterocycles. The van der Waals surface area contributed by atoms with Crippen molar-refractivity contribution in [3.63, 3.8) is 0 Å². The summed E-state index contributed by atoms with van der Waals surface area (Å²) in [5, 5.41) is 5.83. The van der Waals surface area contributed by atoms with E-state index in [-0.39, 0.29) is 17.6 Å². The molecule has 1 fully saturated rings. The van der Waals surface area contributed by atoms with E-state index >= 15 is 0 Å². The number of amides is 1. The van der Waals surface area contributed by atoms with Crippen LogP contribution in [0, 0.1) is 0 Å². The molecule has 0 bridgehead atoms. The standard InChI is InChI=1S/C19H16F3N5O2.C5H11N/c1-24-17(28)12-6-15(27-16(7-12)13-8-25-18(23)26-9-13)11-2-4-14(5-3-11)29-10-19(20,21)22;1-2-4-6-5-3-1/h2-9H,10H2,1H3,(H,24,28)(H2,23,25,26);6H,1-5H2. The highest BCUT2D eigenvalue weighted by Gasteiger charge is 2.28. The van der Waals surface area contributed by atoms with E-state index in [1.165, 1.54) is 63.9 Å². The number of aromatic nitrogens is 3. The minimum Gasteiger partial charge on any atom is -0.484 e. The van der Waals surface area contributed by atoms with E-state index < -0.39 is 12.8 Å². The molecular formula is C24H27F3N6O2. The van der Waals surface area contributed by atoms with Gasteiger partial charge in [0.25, 0.3) is 5.91 Å². The topological polar surface area (TPSA) is 115 Å². The normalized spacial score (nSPS) is 13.4. The Bertz CT molecular complexity index is 1090. The number of pyridine rings is 1. The zero-order valence-corrected chi connectivity index (χ0v) is 19.2. The van der Waals surface area contributed by atoms with Gasteiger partial charge in [0.2, 0.25) is 5.95 Å². The quantitative estimate of drug-likeness (QED) is 0.500. The molecule has 35 heavy (non-hydrogen) atoms. The Morgan fingerprint density at radius 3 is 2.11 bits per heavy atom. The lowest BCUT2D eigenvalue weighted by atomic mass is 10.1. The zero-order valence-electron chi connectivity index (χ0n) is 19.2. The Balaban J connectivity index is 0.000000497. The second-order valence-corrected chi connectivity index (χ2v) is 7.77. The summed E-state index contributed by atoms with van der Waals surface area (Å²) >= 11 is 0. The number of piperidine rings is 1. The number of carbonyl (C=O) groups excluding carboxylic acids is 1. The molecule has 4 rings (SSSR count). The monoisotopic (exact) mass is 488 g/mol. The highest BCUT2D eigenvalue weighted by atomic mass is 19.4. The number of hydrogen-bond donors (Lipinski definition) is 3. The molecule has 0 aliphatic carbocycles. The molecule has 1 saturated heterocycles. The lowest BCUT2D eigenvalue weighted by Crippen LogP contribution is -2.21. The third-order valence-electron chi connectivity index (χ3n) is 5.04. The van der Waals surface area contributed by atoms with Crippen molar-refractivity contribution in [2.24, 2.45) is 0 Å². The Morgan fingerprint density at radius 2 is 1.63 bits per heavy atom. The van der Waals surface area contributed by atoms with Crippen molar-refractivity contribution in [3.05, 3.63) is 54.4 Å². The van der Waals surface area contributed by atoms with Crippen LogP contribution in [-0.2, 0) is 0 Å². The first-order valence-electron chi connectivity index (χ1n) is 11.1. The first-order chi connectivity index (χ1) is 16.7. The van der Waals surface area contributed by atoms with Crippen LogP contribution in [-0.4, -0.2) is 53.8 Å². The van der Waals surface area contributed by atoms with Gasteiger partial charge in [-0.25, -0.2) is 15.0 Å². The van der Waals surface area contributed by atoms with Crippen LogP contribution >= 0.6 is 0 Å². The summed E-state index contributed by atoms with van der Waals surface area (Å²) in [6.07, 6.45) is 2.76. The van der Waals surface area contributed by atoms with Gasteiger partial charge in [0, 0.05) is 36.1 Å². The maximum atomic E-state index is 12.3. The van der Waals surface area contributed by atoms with E-state index in [2.05, 4.69) is 25.6 Å². The Hall–Kier alpha value is -3.73. The summed E-state index contributed by atoms with van der Waals surface area (Å²) in [5.41, 5.74) is 7.88. The molecular weight excluding hydrogens is 461 g/mol. The number of nitrogens with zero attached hydrogens (tertiary/aromatic N) is 3. The second kappa shape index (κ2) is 12.1. The van der Waals surface area contributed by atoms with E-state index in [9.17, 15) is 18.0 Å². The van der Waals surface area contributed by atoms with E-state index in [4.69, 9.17) is 10.5 Å². The summed E-state index contributed by atoms with van der Waals surface area (Å²) in [4.78, 5) is 24.5. The average molecular weight is 489 g/mol. The molecule has 1 amide bonds. The number of carbonyl (C=O) groups is 1. The summed E-state index contributed by atoms with van der Waals surface area (Å²) < 4.78 is 41.5. The fraction of sp³-hybridized carbons (Fsp3) is 0.333. The Labute approximate surface area is 201 Å². The summed E-state index contributed by atoms with van der Waals surface area (Å²) in [6, 6.07) is 9.09. The van der Waals surface area contributed by atoms with E-state index in [1.807, 2.05) is 0 Å². The smallest absolute Gasteiger partial charge is 0.422 e. The average Bonchev–Trinajstić information content (AvgIpc) is 2.88. The molecule has 3 aromatic rings. The first kappa shape index (κ1) is 25.9. The molecule has 0 unspecified atom stereocenters. The van der Waals surface area contributed by atoms with Crippen LogP contribution in [0.15, 0.2) is 48.8 Å². The molecule has 0 spiro atoms. The van der Waals surface area contributed by atoms with Gasteiger partial charge in [0.15, 0.2) is 6.61 Å². The van der Waals surface area contributed by atoms with Gasteiger partial charge in [0.1, 0.15) is 5.75 Å². The fourth-order valence-electron chi connectivity index (χ4n) is 3.26. The molecule has 2 aromatic heterocycles. The molecule has 4 N–H and O–H groups in total. The Kier molecular flexibility index (Phi) is 8.96. The van der Waals surface area contributed by atoms with Crippen molar-refractivity contribution in [2.45, 2.75) is 25.4 Å². The van der Waals surface area contributed by atoms with Gasteiger partial charge in [0.05, 0.1) is 11.4 Å². The molecule has 0 saturated carbocycles. The van der Waals surface area contributed by atoms with Gasteiger partial charge in [-0.05, 0) is 62.3 Å².